The molecule has 1 saturated heterocycles. The van der Waals surface area contributed by atoms with Gasteiger partial charge in [-0.25, -0.2) is 4.79 Å². The van der Waals surface area contributed by atoms with Crippen molar-refractivity contribution in [2.75, 3.05) is 19.6 Å². The number of rotatable bonds is 6. The second-order valence-corrected chi connectivity index (χ2v) is 5.31. The number of carbonyl (C=O) groups excluding carboxylic acids is 4. The Hall–Kier alpha value is -2.45. The molecular formula is C17H31N3O6. The lowest BCUT2D eigenvalue weighted by molar-refractivity contribution is -0.149. The molecule has 0 saturated carbocycles. The molecule has 150 valence electrons. The Kier molecular flexibility index (Phi) is 14.7. The van der Waals surface area contributed by atoms with E-state index in [4.69, 9.17) is 5.11 Å². The predicted molar refractivity (Wildman–Crippen MR) is 96.4 cm³/mol. The van der Waals surface area contributed by atoms with Gasteiger partial charge in [0.1, 0.15) is 6.04 Å². The zero-order chi connectivity index (χ0) is 20.7. The first-order valence-electron chi connectivity index (χ1n) is 8.82. The van der Waals surface area contributed by atoms with E-state index in [0.29, 0.717) is 19.4 Å². The minimum absolute atomic E-state index is 0.201. The lowest BCUT2D eigenvalue weighted by atomic mass is 10.2. The first-order chi connectivity index (χ1) is 12.2. The fourth-order valence-corrected chi connectivity index (χ4v) is 2.00. The van der Waals surface area contributed by atoms with Crippen LogP contribution in [0.2, 0.25) is 0 Å². The van der Waals surface area contributed by atoms with E-state index in [1.807, 2.05) is 13.8 Å². The third-order valence-electron chi connectivity index (χ3n) is 3.03. The van der Waals surface area contributed by atoms with Gasteiger partial charge in [-0.1, -0.05) is 34.1 Å². The quantitative estimate of drug-likeness (QED) is 0.575. The Labute approximate surface area is 154 Å². The number of likely N-dealkylation sites (tertiary alicyclic amines) is 1. The molecule has 3 N–H and O–H groups in total. The molecule has 1 heterocycles. The van der Waals surface area contributed by atoms with Crippen LogP contribution in [0.15, 0.2) is 0 Å². The molecule has 26 heavy (non-hydrogen) atoms. The summed E-state index contributed by atoms with van der Waals surface area (Å²) < 4.78 is 0. The number of Topliss-reactive ketones (excluding diaryl/α,β-unsaturated/α-hetero) is 1. The van der Waals surface area contributed by atoms with Crippen LogP contribution in [-0.2, 0) is 24.0 Å². The van der Waals surface area contributed by atoms with E-state index in [-0.39, 0.29) is 12.5 Å². The second-order valence-electron chi connectivity index (χ2n) is 5.31. The SMILES string of the molecule is CC.CC(=O)NCC(=O)N1CCCC1C(=O)NCC(=O)C(=O)O.CCC. The number of carboxylic acids is 1. The highest BCUT2D eigenvalue weighted by Gasteiger charge is 2.34. The molecule has 0 aromatic heterocycles. The highest BCUT2D eigenvalue weighted by Crippen LogP contribution is 2.17. The van der Waals surface area contributed by atoms with Crippen LogP contribution in [0.3, 0.4) is 0 Å². The summed E-state index contributed by atoms with van der Waals surface area (Å²) in [4.78, 5) is 57.1. The summed E-state index contributed by atoms with van der Waals surface area (Å²) in [6.45, 7) is 9.09. The molecule has 0 aromatic rings. The summed E-state index contributed by atoms with van der Waals surface area (Å²) in [7, 11) is 0. The van der Waals surface area contributed by atoms with Gasteiger partial charge < -0.3 is 20.6 Å². The summed E-state index contributed by atoms with van der Waals surface area (Å²) >= 11 is 0. The molecule has 9 heteroatoms. The topological polar surface area (TPSA) is 133 Å². The van der Waals surface area contributed by atoms with Crippen molar-refractivity contribution in [2.45, 2.75) is 59.9 Å². The second kappa shape index (κ2) is 14.9. The molecule has 0 aliphatic carbocycles. The molecule has 1 rings (SSSR count). The molecule has 1 unspecified atom stereocenters. The molecule has 1 fully saturated rings. The third-order valence-corrected chi connectivity index (χ3v) is 3.03. The van der Waals surface area contributed by atoms with Crippen LogP contribution in [0.25, 0.3) is 0 Å². The standard InChI is InChI=1S/C12H17N3O6.C3H8.C2H6/c1-7(16)13-6-10(18)15-4-2-3-8(15)11(19)14-5-9(17)12(20)21;1-3-2;1-2/h8H,2-6H2,1H3,(H,13,16)(H,14,19)(H,20,21);3H2,1-2H3;1-2H3. The average Bonchev–Trinajstić information content (AvgIpc) is 3.09. The summed E-state index contributed by atoms with van der Waals surface area (Å²) in [5.41, 5.74) is 0. The summed E-state index contributed by atoms with van der Waals surface area (Å²) in [6, 6.07) is -0.743. The van der Waals surface area contributed by atoms with Gasteiger partial charge in [-0.15, -0.1) is 0 Å². The van der Waals surface area contributed by atoms with Crippen molar-refractivity contribution in [3.8, 4) is 0 Å². The van der Waals surface area contributed by atoms with E-state index >= 15 is 0 Å². The van der Waals surface area contributed by atoms with E-state index in [1.165, 1.54) is 18.2 Å². The van der Waals surface area contributed by atoms with E-state index < -0.39 is 36.2 Å². The Balaban J connectivity index is 0. The molecule has 1 aliphatic heterocycles. The zero-order valence-electron chi connectivity index (χ0n) is 16.3. The number of ketones is 1. The van der Waals surface area contributed by atoms with Crippen molar-refractivity contribution in [1.29, 1.82) is 0 Å². The number of aliphatic carboxylic acids is 1. The van der Waals surface area contributed by atoms with Gasteiger partial charge >= 0.3 is 5.97 Å². The molecule has 1 atom stereocenters. The summed E-state index contributed by atoms with van der Waals surface area (Å²) in [5.74, 6) is -4.07. The van der Waals surface area contributed by atoms with Crippen molar-refractivity contribution in [1.82, 2.24) is 15.5 Å². The van der Waals surface area contributed by atoms with Crippen LogP contribution in [0.5, 0.6) is 0 Å². The first kappa shape index (κ1) is 25.8. The summed E-state index contributed by atoms with van der Waals surface area (Å²) in [6.07, 6.45) is 2.30. The van der Waals surface area contributed by atoms with Crippen LogP contribution in [0, 0.1) is 0 Å². The van der Waals surface area contributed by atoms with Gasteiger partial charge in [-0.05, 0) is 12.8 Å². The van der Waals surface area contributed by atoms with Crippen molar-refractivity contribution in [3.05, 3.63) is 0 Å². The van der Waals surface area contributed by atoms with Gasteiger partial charge in [0, 0.05) is 13.5 Å². The lowest BCUT2D eigenvalue weighted by Gasteiger charge is -2.23. The number of nitrogens with one attached hydrogen (secondary N) is 2. The first-order valence-corrected chi connectivity index (χ1v) is 8.82. The average molecular weight is 373 g/mol. The zero-order valence-corrected chi connectivity index (χ0v) is 16.3. The fourth-order valence-electron chi connectivity index (χ4n) is 2.00. The van der Waals surface area contributed by atoms with Crippen molar-refractivity contribution in [3.63, 3.8) is 0 Å². The maximum Gasteiger partial charge on any atom is 0.374 e. The van der Waals surface area contributed by atoms with Gasteiger partial charge in [0.2, 0.25) is 17.7 Å². The smallest absolute Gasteiger partial charge is 0.374 e. The Bertz CT molecular complexity index is 493. The number of hydrogen-bond acceptors (Lipinski definition) is 5. The molecule has 0 aromatic carbocycles. The van der Waals surface area contributed by atoms with Crippen molar-refractivity contribution < 1.29 is 29.1 Å². The molecular weight excluding hydrogens is 342 g/mol. The predicted octanol–water partition coefficient (Wildman–Crippen LogP) is 0.326. The third kappa shape index (κ3) is 10.4. The maximum absolute atomic E-state index is 11.9. The normalized spacial score (nSPS) is 14.8. The van der Waals surface area contributed by atoms with E-state index in [0.717, 1.165) is 0 Å². The summed E-state index contributed by atoms with van der Waals surface area (Å²) in [5, 5.41) is 13.0. The van der Waals surface area contributed by atoms with E-state index in [9.17, 15) is 24.0 Å². The highest BCUT2D eigenvalue weighted by molar-refractivity contribution is 6.33. The number of carbonyl (C=O) groups is 5. The number of hydrogen-bond donors (Lipinski definition) is 3. The highest BCUT2D eigenvalue weighted by atomic mass is 16.4. The number of nitrogens with zero attached hydrogens (tertiary/aromatic N) is 1. The monoisotopic (exact) mass is 373 g/mol. The maximum atomic E-state index is 11.9. The fraction of sp³-hybridized carbons (Fsp3) is 0.706. The number of amides is 3. The van der Waals surface area contributed by atoms with Crippen LogP contribution >= 0.6 is 0 Å². The van der Waals surface area contributed by atoms with Crippen LogP contribution in [-0.4, -0.2) is 65.2 Å². The Morgan fingerprint density at radius 2 is 1.58 bits per heavy atom. The van der Waals surface area contributed by atoms with Crippen LogP contribution < -0.4 is 10.6 Å². The Morgan fingerprint density at radius 1 is 1.04 bits per heavy atom. The van der Waals surface area contributed by atoms with E-state index in [2.05, 4.69) is 24.5 Å². The largest absolute Gasteiger partial charge is 0.475 e. The molecule has 3 amide bonds. The molecule has 0 radical (unpaired) electrons. The van der Waals surface area contributed by atoms with Gasteiger partial charge in [-0.3, -0.25) is 19.2 Å². The minimum Gasteiger partial charge on any atom is -0.475 e. The molecule has 0 spiro atoms. The van der Waals surface area contributed by atoms with Gasteiger partial charge in [-0.2, -0.15) is 0 Å². The van der Waals surface area contributed by atoms with Crippen LogP contribution in [0.4, 0.5) is 0 Å². The van der Waals surface area contributed by atoms with Gasteiger partial charge in [0.05, 0.1) is 13.1 Å². The van der Waals surface area contributed by atoms with Crippen molar-refractivity contribution >= 4 is 29.5 Å². The molecule has 1 aliphatic rings. The number of carboxylic acid groups (broad SMARTS) is 1. The van der Waals surface area contributed by atoms with Crippen molar-refractivity contribution in [2.24, 2.45) is 0 Å². The lowest BCUT2D eigenvalue weighted by Crippen LogP contribution is -2.49. The van der Waals surface area contributed by atoms with Crippen LogP contribution in [0.1, 0.15) is 53.9 Å². The van der Waals surface area contributed by atoms with Gasteiger partial charge in [0.15, 0.2) is 0 Å². The van der Waals surface area contributed by atoms with E-state index in [1.54, 1.807) is 0 Å². The Morgan fingerprint density at radius 3 is 2.04 bits per heavy atom. The molecule has 0 bridgehead atoms. The van der Waals surface area contributed by atoms with Gasteiger partial charge in [0.25, 0.3) is 5.78 Å². The minimum atomic E-state index is -1.62. The molecule has 9 nitrogen and oxygen atoms in total.